The molecular formula is C5H11OTi. The summed E-state index contributed by atoms with van der Waals surface area (Å²) >= 11 is 2.11. The molecule has 0 aliphatic heterocycles. The second-order valence-corrected chi connectivity index (χ2v) is 2.45. The molecule has 0 aromatic rings. The first-order valence-electron chi connectivity index (χ1n) is 2.53. The van der Waals surface area contributed by atoms with Gasteiger partial charge in [-0.05, 0) is 0 Å². The molecule has 7 heavy (non-hydrogen) atoms. The number of hydrogen-bond acceptors (Lipinski definition) is 1. The molecule has 0 aromatic carbocycles. The molecule has 0 heterocycles. The molecule has 0 saturated heterocycles. The van der Waals surface area contributed by atoms with Crippen LogP contribution in [-0.2, 0) is 25.2 Å². The van der Waals surface area contributed by atoms with Crippen molar-refractivity contribution in [2.45, 2.75) is 24.7 Å². The zero-order chi connectivity index (χ0) is 5.70. The van der Waals surface area contributed by atoms with E-state index in [0.717, 1.165) is 11.3 Å². The van der Waals surface area contributed by atoms with E-state index in [1.165, 1.54) is 0 Å². The van der Waals surface area contributed by atoms with E-state index in [1.54, 1.807) is 0 Å². The zero-order valence-corrected chi connectivity index (χ0v) is 6.46. The molecule has 0 aliphatic rings. The van der Waals surface area contributed by atoms with E-state index in [0.29, 0.717) is 6.10 Å². The normalized spacial score (nSPS) is 10.0. The molecule has 0 amide bonds. The van der Waals surface area contributed by atoms with Crippen molar-refractivity contribution < 1.29 is 25.2 Å². The zero-order valence-electron chi connectivity index (χ0n) is 4.90. The van der Waals surface area contributed by atoms with Gasteiger partial charge in [-0.25, -0.2) is 0 Å². The first-order valence-corrected chi connectivity index (χ1v) is 3.64. The van der Waals surface area contributed by atoms with Gasteiger partial charge in [-0.2, -0.15) is 0 Å². The predicted octanol–water partition coefficient (Wildman–Crippen LogP) is 1.38. The molecule has 41 valence electrons. The van der Waals surface area contributed by atoms with Gasteiger partial charge >= 0.3 is 56.5 Å². The summed E-state index contributed by atoms with van der Waals surface area (Å²) in [7, 11) is 0. The standard InChI is InChI=1S/C5H11O.Ti/c1-4-6-5(2)3;/h5H,1,4H2,2-3H3;. The fraction of sp³-hybridized carbons (Fsp3) is 1.00. The van der Waals surface area contributed by atoms with Crippen molar-refractivity contribution in [2.75, 3.05) is 6.61 Å². The van der Waals surface area contributed by atoms with Gasteiger partial charge in [0.1, 0.15) is 0 Å². The Morgan fingerprint density at radius 1 is 1.57 bits per heavy atom. The van der Waals surface area contributed by atoms with Crippen LogP contribution < -0.4 is 0 Å². The monoisotopic (exact) mass is 135 g/mol. The predicted molar refractivity (Wildman–Crippen MR) is 25.9 cm³/mol. The number of hydrogen-bond donors (Lipinski definition) is 0. The SMILES string of the molecule is CC(C)OC[CH2][Ti]. The van der Waals surface area contributed by atoms with Crippen molar-refractivity contribution in [3.63, 3.8) is 0 Å². The summed E-state index contributed by atoms with van der Waals surface area (Å²) in [6.07, 6.45) is 0.403. The van der Waals surface area contributed by atoms with Crippen molar-refractivity contribution in [2.24, 2.45) is 0 Å². The molecule has 0 radical (unpaired) electrons. The van der Waals surface area contributed by atoms with Gasteiger partial charge in [-0.1, -0.05) is 0 Å². The van der Waals surface area contributed by atoms with Crippen LogP contribution in [0, 0.1) is 0 Å². The van der Waals surface area contributed by atoms with Crippen LogP contribution in [0.15, 0.2) is 0 Å². The van der Waals surface area contributed by atoms with Gasteiger partial charge in [-0.3, -0.25) is 0 Å². The van der Waals surface area contributed by atoms with Gasteiger partial charge in [-0.15, -0.1) is 0 Å². The maximum absolute atomic E-state index is 5.19. The van der Waals surface area contributed by atoms with Gasteiger partial charge in [0.25, 0.3) is 0 Å². The number of ether oxygens (including phenoxy) is 1. The van der Waals surface area contributed by atoms with Crippen LogP contribution in [0.1, 0.15) is 13.8 Å². The molecule has 0 N–H and O–H groups in total. The molecule has 1 nitrogen and oxygen atoms in total. The average Bonchev–Trinajstić information content (AvgIpc) is 1.61. The first kappa shape index (κ1) is 7.67. The van der Waals surface area contributed by atoms with Gasteiger partial charge in [0, 0.05) is 0 Å². The average molecular weight is 135 g/mol. The minimum absolute atomic E-state index is 0.403. The molecule has 0 saturated carbocycles. The van der Waals surface area contributed by atoms with E-state index >= 15 is 0 Å². The van der Waals surface area contributed by atoms with Crippen LogP contribution in [0.3, 0.4) is 0 Å². The van der Waals surface area contributed by atoms with E-state index in [2.05, 4.69) is 34.3 Å². The topological polar surface area (TPSA) is 9.23 Å². The van der Waals surface area contributed by atoms with Crippen LogP contribution >= 0.6 is 0 Å². The van der Waals surface area contributed by atoms with Crippen LogP contribution in [-0.4, -0.2) is 12.7 Å². The van der Waals surface area contributed by atoms with Gasteiger partial charge in [0.15, 0.2) is 0 Å². The van der Waals surface area contributed by atoms with Crippen molar-refractivity contribution in [1.82, 2.24) is 0 Å². The Balaban J connectivity index is 2.68. The van der Waals surface area contributed by atoms with Crippen LogP contribution in [0.2, 0.25) is 4.73 Å². The molecule has 0 aliphatic carbocycles. The summed E-state index contributed by atoms with van der Waals surface area (Å²) < 4.78 is 6.31. The fourth-order valence-electron chi connectivity index (χ4n) is 0.295. The Morgan fingerprint density at radius 2 is 2.14 bits per heavy atom. The van der Waals surface area contributed by atoms with Crippen LogP contribution in [0.5, 0.6) is 0 Å². The van der Waals surface area contributed by atoms with E-state index in [-0.39, 0.29) is 0 Å². The molecule has 0 aromatic heterocycles. The van der Waals surface area contributed by atoms with E-state index < -0.39 is 0 Å². The Hall–Kier alpha value is 0.674. The van der Waals surface area contributed by atoms with Crippen molar-refractivity contribution in [3.05, 3.63) is 0 Å². The van der Waals surface area contributed by atoms with Gasteiger partial charge < -0.3 is 0 Å². The summed E-state index contributed by atoms with van der Waals surface area (Å²) in [5, 5.41) is 0. The summed E-state index contributed by atoms with van der Waals surface area (Å²) in [5.41, 5.74) is 0. The minimum atomic E-state index is 0.403. The third kappa shape index (κ3) is 6.67. The molecule has 2 heteroatoms. The summed E-state index contributed by atoms with van der Waals surface area (Å²) in [5.74, 6) is 0. The van der Waals surface area contributed by atoms with Crippen LogP contribution in [0.4, 0.5) is 0 Å². The Labute approximate surface area is 56.8 Å². The summed E-state index contributed by atoms with van der Waals surface area (Å²) in [6.45, 7) is 5.00. The molecule has 0 atom stereocenters. The fourth-order valence-corrected chi connectivity index (χ4v) is 0.479. The van der Waals surface area contributed by atoms with E-state index in [9.17, 15) is 0 Å². The Morgan fingerprint density at radius 3 is 2.29 bits per heavy atom. The van der Waals surface area contributed by atoms with Gasteiger partial charge in [0.2, 0.25) is 0 Å². The third-order valence-corrected chi connectivity index (χ3v) is 0.872. The molecule has 0 spiro atoms. The second kappa shape index (κ2) is 4.82. The summed E-state index contributed by atoms with van der Waals surface area (Å²) in [4.78, 5) is 0. The Kier molecular flexibility index (Phi) is 5.29. The first-order chi connectivity index (χ1) is 3.27. The third-order valence-electron chi connectivity index (χ3n) is 0.553. The van der Waals surface area contributed by atoms with Gasteiger partial charge in [0.05, 0.1) is 0 Å². The molecule has 0 fully saturated rings. The van der Waals surface area contributed by atoms with Crippen molar-refractivity contribution >= 4 is 0 Å². The van der Waals surface area contributed by atoms with Crippen molar-refractivity contribution in [3.8, 4) is 0 Å². The van der Waals surface area contributed by atoms with Crippen molar-refractivity contribution in [1.29, 1.82) is 0 Å². The van der Waals surface area contributed by atoms with Crippen LogP contribution in [0.25, 0.3) is 0 Å². The quantitative estimate of drug-likeness (QED) is 0.531. The molecule has 0 unspecified atom stereocenters. The Bertz CT molecular complexity index is 37.1. The molecule has 0 rings (SSSR count). The number of rotatable bonds is 3. The molecular weight excluding hydrogens is 124 g/mol. The summed E-state index contributed by atoms with van der Waals surface area (Å²) in [6, 6.07) is 0. The second-order valence-electron chi connectivity index (χ2n) is 1.67. The maximum atomic E-state index is 5.19. The van der Waals surface area contributed by atoms with E-state index in [4.69, 9.17) is 4.74 Å². The van der Waals surface area contributed by atoms with E-state index in [1.807, 2.05) is 0 Å². The molecule has 0 bridgehead atoms.